The zero-order valence-electron chi connectivity index (χ0n) is 10.9. The number of halogens is 1. The maximum Gasteiger partial charge on any atom is 0.127 e. The van der Waals surface area contributed by atoms with Crippen LogP contribution in [0.1, 0.15) is 17.2 Å². The summed E-state index contributed by atoms with van der Waals surface area (Å²) in [4.78, 5) is 0. The van der Waals surface area contributed by atoms with Gasteiger partial charge in [0.15, 0.2) is 0 Å². The van der Waals surface area contributed by atoms with Crippen molar-refractivity contribution >= 4 is 22.6 Å². The van der Waals surface area contributed by atoms with Gasteiger partial charge in [-0.1, -0.05) is 24.3 Å². The Bertz CT molecular complexity index is 550. The van der Waals surface area contributed by atoms with E-state index in [4.69, 9.17) is 15.2 Å². The molecule has 0 saturated heterocycles. The Labute approximate surface area is 126 Å². The maximum absolute atomic E-state index is 6.41. The second-order valence-electron chi connectivity index (χ2n) is 4.08. The first-order valence-corrected chi connectivity index (χ1v) is 6.97. The molecule has 0 saturated carbocycles. The average molecular weight is 369 g/mol. The molecule has 2 rings (SSSR count). The summed E-state index contributed by atoms with van der Waals surface area (Å²) >= 11 is 2.29. The van der Waals surface area contributed by atoms with Gasteiger partial charge in [0, 0.05) is 3.57 Å². The van der Waals surface area contributed by atoms with Gasteiger partial charge in [0.1, 0.15) is 11.5 Å². The Morgan fingerprint density at radius 1 is 0.947 bits per heavy atom. The van der Waals surface area contributed by atoms with Gasteiger partial charge in [0.2, 0.25) is 0 Å². The number of benzene rings is 2. The quantitative estimate of drug-likeness (QED) is 0.841. The number of nitrogens with two attached hydrogens (primary N) is 1. The van der Waals surface area contributed by atoms with Crippen LogP contribution in [0.2, 0.25) is 0 Å². The third kappa shape index (κ3) is 2.84. The van der Waals surface area contributed by atoms with Gasteiger partial charge in [-0.2, -0.15) is 0 Å². The van der Waals surface area contributed by atoms with Gasteiger partial charge < -0.3 is 15.2 Å². The van der Waals surface area contributed by atoms with Crippen molar-refractivity contribution in [2.45, 2.75) is 6.04 Å². The second-order valence-corrected chi connectivity index (χ2v) is 5.24. The topological polar surface area (TPSA) is 44.5 Å². The van der Waals surface area contributed by atoms with Crippen molar-refractivity contribution in [2.75, 3.05) is 14.2 Å². The fourth-order valence-electron chi connectivity index (χ4n) is 2.07. The summed E-state index contributed by atoms with van der Waals surface area (Å²) in [6.45, 7) is 0. The van der Waals surface area contributed by atoms with E-state index in [-0.39, 0.29) is 6.04 Å². The summed E-state index contributed by atoms with van der Waals surface area (Å²) in [5.74, 6) is 1.48. The molecule has 2 N–H and O–H groups in total. The van der Waals surface area contributed by atoms with Crippen molar-refractivity contribution in [1.29, 1.82) is 0 Å². The largest absolute Gasteiger partial charge is 0.496 e. The van der Waals surface area contributed by atoms with E-state index in [1.54, 1.807) is 14.2 Å². The molecular formula is C15H16INO2. The van der Waals surface area contributed by atoms with Crippen LogP contribution >= 0.6 is 22.6 Å². The Kier molecular flexibility index (Phi) is 4.66. The van der Waals surface area contributed by atoms with Crippen LogP contribution in [0, 0.1) is 3.57 Å². The lowest BCUT2D eigenvalue weighted by atomic mass is 9.98. The number of rotatable bonds is 4. The van der Waals surface area contributed by atoms with Crippen LogP contribution < -0.4 is 15.2 Å². The van der Waals surface area contributed by atoms with Gasteiger partial charge in [-0.05, 0) is 46.4 Å². The summed E-state index contributed by atoms with van der Waals surface area (Å²) in [5, 5.41) is 0. The van der Waals surface area contributed by atoms with E-state index in [0.29, 0.717) is 0 Å². The molecule has 1 atom stereocenters. The van der Waals surface area contributed by atoms with Crippen molar-refractivity contribution in [1.82, 2.24) is 0 Å². The first-order chi connectivity index (χ1) is 9.19. The molecule has 0 radical (unpaired) electrons. The molecule has 0 aliphatic heterocycles. The Morgan fingerprint density at radius 3 is 2.05 bits per heavy atom. The first kappa shape index (κ1) is 14.1. The molecule has 1 unspecified atom stereocenters. The normalized spacial score (nSPS) is 12.0. The molecule has 0 aliphatic rings. The predicted molar refractivity (Wildman–Crippen MR) is 84.7 cm³/mol. The molecule has 4 heteroatoms. The fourth-order valence-corrected chi connectivity index (χ4v) is 2.79. The summed E-state index contributed by atoms with van der Waals surface area (Å²) in [5.41, 5.74) is 8.34. The number of hydrogen-bond donors (Lipinski definition) is 1. The van der Waals surface area contributed by atoms with Gasteiger partial charge in [-0.15, -0.1) is 0 Å². The zero-order valence-corrected chi connectivity index (χ0v) is 13.0. The molecule has 100 valence electrons. The Balaban J connectivity index is 2.55. The number of hydrogen-bond acceptors (Lipinski definition) is 3. The van der Waals surface area contributed by atoms with Gasteiger partial charge in [0.25, 0.3) is 0 Å². The van der Waals surface area contributed by atoms with E-state index >= 15 is 0 Å². The van der Waals surface area contributed by atoms with E-state index in [2.05, 4.69) is 22.6 Å². The molecule has 0 aromatic heterocycles. The molecule has 0 heterocycles. The number of ether oxygens (including phenoxy) is 2. The van der Waals surface area contributed by atoms with E-state index in [0.717, 1.165) is 26.2 Å². The highest BCUT2D eigenvalue weighted by Crippen LogP contribution is 2.37. The fraction of sp³-hybridized carbons (Fsp3) is 0.200. The Hall–Kier alpha value is -1.27. The van der Waals surface area contributed by atoms with E-state index in [9.17, 15) is 0 Å². The lowest BCUT2D eigenvalue weighted by Crippen LogP contribution is -2.15. The SMILES string of the molecule is COc1cccc(OC)c1C(N)c1ccccc1I. The smallest absolute Gasteiger partial charge is 0.127 e. The van der Waals surface area contributed by atoms with Crippen molar-refractivity contribution in [3.05, 3.63) is 57.2 Å². The first-order valence-electron chi connectivity index (χ1n) is 5.90. The molecule has 0 aliphatic carbocycles. The highest BCUT2D eigenvalue weighted by molar-refractivity contribution is 14.1. The highest BCUT2D eigenvalue weighted by Gasteiger charge is 2.20. The molecule has 0 amide bonds. The standard InChI is InChI=1S/C15H16INO2/c1-18-12-8-5-9-13(19-2)14(12)15(17)10-6-3-4-7-11(10)16/h3-9,15H,17H2,1-2H3. The molecule has 2 aromatic carbocycles. The minimum absolute atomic E-state index is 0.279. The molecule has 0 spiro atoms. The van der Waals surface area contributed by atoms with E-state index in [1.165, 1.54) is 0 Å². The van der Waals surface area contributed by atoms with Crippen LogP contribution in [0.4, 0.5) is 0 Å². The lowest BCUT2D eigenvalue weighted by molar-refractivity contribution is 0.382. The molecule has 3 nitrogen and oxygen atoms in total. The zero-order chi connectivity index (χ0) is 13.8. The van der Waals surface area contributed by atoms with E-state index < -0.39 is 0 Å². The third-order valence-electron chi connectivity index (χ3n) is 3.02. The van der Waals surface area contributed by atoms with Crippen LogP contribution in [-0.2, 0) is 0 Å². The predicted octanol–water partition coefficient (Wildman–Crippen LogP) is 3.36. The maximum atomic E-state index is 6.41. The van der Waals surface area contributed by atoms with Crippen LogP contribution in [0.25, 0.3) is 0 Å². The van der Waals surface area contributed by atoms with Crippen molar-refractivity contribution in [3.63, 3.8) is 0 Å². The minimum atomic E-state index is -0.279. The molecule has 2 aromatic rings. The third-order valence-corrected chi connectivity index (χ3v) is 4.00. The molecule has 0 bridgehead atoms. The summed E-state index contributed by atoms with van der Waals surface area (Å²) in [7, 11) is 3.28. The minimum Gasteiger partial charge on any atom is -0.496 e. The molecule has 0 fully saturated rings. The van der Waals surface area contributed by atoms with Gasteiger partial charge in [-0.3, -0.25) is 0 Å². The lowest BCUT2D eigenvalue weighted by Gasteiger charge is -2.20. The number of methoxy groups -OCH3 is 2. The Morgan fingerprint density at radius 2 is 1.53 bits per heavy atom. The van der Waals surface area contributed by atoms with Gasteiger partial charge in [-0.25, -0.2) is 0 Å². The van der Waals surface area contributed by atoms with Crippen molar-refractivity contribution < 1.29 is 9.47 Å². The second kappa shape index (κ2) is 6.25. The van der Waals surface area contributed by atoms with Crippen LogP contribution in [0.3, 0.4) is 0 Å². The van der Waals surface area contributed by atoms with Gasteiger partial charge in [0.05, 0.1) is 25.8 Å². The summed E-state index contributed by atoms with van der Waals surface area (Å²) < 4.78 is 11.9. The highest BCUT2D eigenvalue weighted by atomic mass is 127. The monoisotopic (exact) mass is 369 g/mol. The van der Waals surface area contributed by atoms with Crippen molar-refractivity contribution in [3.8, 4) is 11.5 Å². The molecular weight excluding hydrogens is 353 g/mol. The summed E-state index contributed by atoms with van der Waals surface area (Å²) in [6, 6.07) is 13.5. The van der Waals surface area contributed by atoms with Crippen LogP contribution in [0.5, 0.6) is 11.5 Å². The van der Waals surface area contributed by atoms with Gasteiger partial charge >= 0.3 is 0 Å². The van der Waals surface area contributed by atoms with Crippen LogP contribution in [0.15, 0.2) is 42.5 Å². The van der Waals surface area contributed by atoms with Crippen molar-refractivity contribution in [2.24, 2.45) is 5.73 Å². The average Bonchev–Trinajstić information content (AvgIpc) is 2.46. The summed E-state index contributed by atoms with van der Waals surface area (Å²) in [6.07, 6.45) is 0. The molecule has 19 heavy (non-hydrogen) atoms. The van der Waals surface area contributed by atoms with E-state index in [1.807, 2.05) is 42.5 Å². The van der Waals surface area contributed by atoms with Crippen LogP contribution in [-0.4, -0.2) is 14.2 Å².